The van der Waals surface area contributed by atoms with Gasteiger partial charge in [0, 0.05) is 17.2 Å². The third kappa shape index (κ3) is 7.42. The Morgan fingerprint density at radius 1 is 0.944 bits per heavy atom. The van der Waals surface area contributed by atoms with Gasteiger partial charge in [-0.25, -0.2) is 4.21 Å². The lowest BCUT2D eigenvalue weighted by atomic mass is 9.85. The summed E-state index contributed by atoms with van der Waals surface area (Å²) in [4.78, 5) is 0. The van der Waals surface area contributed by atoms with E-state index in [1.807, 2.05) is 25.1 Å². The number of halogens is 2. The van der Waals surface area contributed by atoms with Crippen LogP contribution in [0.2, 0.25) is 10.0 Å². The average molecular weight is 567 g/mol. The Bertz CT molecular complexity index is 1180. The second-order valence-electron chi connectivity index (χ2n) is 9.37. The van der Waals surface area contributed by atoms with Crippen molar-refractivity contribution in [2.24, 2.45) is 0 Å². The first kappa shape index (κ1) is 28.9. The standard InChI is InChI=1S/C28H33Cl2NO3S2/c1-17(2)21-11-22(18(3)4)13-23(12-21)19(5)26-25(31-36(32)33)14-24(29)28(27(26)30)34-16-35-15-20-9-7-6-8-10-20/h6-14,17-19,31H,15-16H2,1-5H3,(H,32,33). The molecule has 36 heavy (non-hydrogen) atoms. The molecule has 0 aliphatic carbocycles. The molecule has 194 valence electrons. The summed E-state index contributed by atoms with van der Waals surface area (Å²) >= 11 is 12.8. The number of nitrogens with one attached hydrogen (secondary N) is 1. The number of hydrogen-bond acceptors (Lipinski definition) is 3. The highest BCUT2D eigenvalue weighted by atomic mass is 35.5. The second-order valence-corrected chi connectivity index (χ2v) is 11.8. The lowest BCUT2D eigenvalue weighted by molar-refractivity contribution is 0.393. The van der Waals surface area contributed by atoms with E-state index >= 15 is 0 Å². The normalized spacial score (nSPS) is 13.2. The van der Waals surface area contributed by atoms with E-state index in [1.165, 1.54) is 16.7 Å². The van der Waals surface area contributed by atoms with E-state index in [2.05, 4.69) is 62.7 Å². The molecule has 0 aromatic heterocycles. The van der Waals surface area contributed by atoms with Crippen LogP contribution in [0, 0.1) is 0 Å². The minimum absolute atomic E-state index is 0.184. The van der Waals surface area contributed by atoms with Crippen LogP contribution in [0.5, 0.6) is 5.75 Å². The van der Waals surface area contributed by atoms with Crippen molar-refractivity contribution in [1.82, 2.24) is 0 Å². The maximum Gasteiger partial charge on any atom is 0.259 e. The maximum atomic E-state index is 11.7. The van der Waals surface area contributed by atoms with Gasteiger partial charge < -0.3 is 4.74 Å². The molecule has 2 unspecified atom stereocenters. The van der Waals surface area contributed by atoms with Crippen LogP contribution in [0.3, 0.4) is 0 Å². The van der Waals surface area contributed by atoms with E-state index in [0.717, 1.165) is 11.3 Å². The molecule has 0 spiro atoms. The predicted octanol–water partition coefficient (Wildman–Crippen LogP) is 9.21. The van der Waals surface area contributed by atoms with Crippen LogP contribution in [0.1, 0.15) is 80.2 Å². The molecule has 3 rings (SSSR count). The van der Waals surface area contributed by atoms with Crippen molar-refractivity contribution in [2.45, 2.75) is 58.1 Å². The summed E-state index contributed by atoms with van der Waals surface area (Å²) in [6.45, 7) is 10.7. The first-order valence-electron chi connectivity index (χ1n) is 11.9. The number of rotatable bonds is 11. The molecule has 0 bridgehead atoms. The Kier molecular flexibility index (Phi) is 10.6. The lowest BCUT2D eigenvalue weighted by Gasteiger charge is -2.23. The van der Waals surface area contributed by atoms with Gasteiger partial charge in [-0.15, -0.1) is 11.8 Å². The van der Waals surface area contributed by atoms with Crippen LogP contribution in [0.25, 0.3) is 0 Å². The molecule has 0 saturated heterocycles. The molecule has 2 N–H and O–H groups in total. The summed E-state index contributed by atoms with van der Waals surface area (Å²) < 4.78 is 29.9. The molecule has 0 amide bonds. The first-order valence-corrected chi connectivity index (χ1v) is 14.9. The van der Waals surface area contributed by atoms with Gasteiger partial charge in [-0.3, -0.25) is 9.27 Å². The minimum atomic E-state index is -2.29. The van der Waals surface area contributed by atoms with Crippen molar-refractivity contribution in [2.75, 3.05) is 10.7 Å². The molecule has 2 atom stereocenters. The maximum absolute atomic E-state index is 11.7. The zero-order chi connectivity index (χ0) is 26.4. The zero-order valence-electron chi connectivity index (χ0n) is 21.2. The zero-order valence-corrected chi connectivity index (χ0v) is 24.3. The van der Waals surface area contributed by atoms with Crippen LogP contribution in [0.15, 0.2) is 54.6 Å². The monoisotopic (exact) mass is 565 g/mol. The van der Waals surface area contributed by atoms with Crippen LogP contribution in [-0.4, -0.2) is 14.7 Å². The number of ether oxygens (including phenoxy) is 1. The largest absolute Gasteiger partial charge is 0.480 e. The first-order chi connectivity index (χ1) is 17.1. The number of anilines is 1. The molecule has 0 fully saturated rings. The van der Waals surface area contributed by atoms with Crippen LogP contribution >= 0.6 is 35.0 Å². The Labute approximate surface area is 231 Å². The summed E-state index contributed by atoms with van der Waals surface area (Å²) in [5, 5.41) is 0.618. The third-order valence-corrected chi connectivity index (χ3v) is 7.95. The summed E-state index contributed by atoms with van der Waals surface area (Å²) in [5.41, 5.74) is 5.83. The van der Waals surface area contributed by atoms with E-state index in [4.69, 9.17) is 27.9 Å². The van der Waals surface area contributed by atoms with Crippen molar-refractivity contribution in [3.63, 3.8) is 0 Å². The quantitative estimate of drug-likeness (QED) is 0.138. The fraction of sp³-hybridized carbons (Fsp3) is 0.357. The average Bonchev–Trinajstić information content (AvgIpc) is 2.83. The van der Waals surface area contributed by atoms with Gasteiger partial charge in [0.15, 0.2) is 5.75 Å². The fourth-order valence-electron chi connectivity index (χ4n) is 3.97. The van der Waals surface area contributed by atoms with Crippen LogP contribution in [0.4, 0.5) is 5.69 Å². The number of hydrogen-bond donors (Lipinski definition) is 2. The van der Waals surface area contributed by atoms with Crippen LogP contribution < -0.4 is 9.46 Å². The third-order valence-electron chi connectivity index (χ3n) is 6.08. The van der Waals surface area contributed by atoms with Gasteiger partial charge in [0.25, 0.3) is 11.3 Å². The predicted molar refractivity (Wildman–Crippen MR) is 156 cm³/mol. The highest BCUT2D eigenvalue weighted by molar-refractivity contribution is 7.98. The lowest BCUT2D eigenvalue weighted by Crippen LogP contribution is -2.10. The SMILES string of the molecule is CC(C)c1cc(C(C)C)cc(C(C)c2c(NS(=O)O)cc(Cl)c(OCSCc3ccccc3)c2Cl)c1. The van der Waals surface area contributed by atoms with E-state index in [0.29, 0.717) is 39.8 Å². The Balaban J connectivity index is 1.98. The second kappa shape index (κ2) is 13.2. The van der Waals surface area contributed by atoms with E-state index in [1.54, 1.807) is 17.8 Å². The van der Waals surface area contributed by atoms with E-state index < -0.39 is 11.3 Å². The molecule has 8 heteroatoms. The highest BCUT2D eigenvalue weighted by Crippen LogP contribution is 2.46. The van der Waals surface area contributed by atoms with Crippen LogP contribution in [-0.2, 0) is 17.0 Å². The molecular weight excluding hydrogens is 533 g/mol. The van der Waals surface area contributed by atoms with Gasteiger partial charge >= 0.3 is 0 Å². The fourth-order valence-corrected chi connectivity index (χ4v) is 5.77. The Hall–Kier alpha value is -1.70. The van der Waals surface area contributed by atoms with Crippen molar-refractivity contribution in [3.05, 3.63) is 92.5 Å². The van der Waals surface area contributed by atoms with Crippen molar-refractivity contribution in [1.29, 1.82) is 0 Å². The Morgan fingerprint density at radius 3 is 2.08 bits per heavy atom. The van der Waals surface area contributed by atoms with E-state index in [-0.39, 0.29) is 10.9 Å². The van der Waals surface area contributed by atoms with Crippen molar-refractivity contribution in [3.8, 4) is 5.75 Å². The topological polar surface area (TPSA) is 58.6 Å². The molecule has 3 aromatic carbocycles. The van der Waals surface area contributed by atoms with Gasteiger partial charge in [0.05, 0.1) is 15.7 Å². The molecule has 0 radical (unpaired) electrons. The molecular formula is C28H33Cl2NO3S2. The van der Waals surface area contributed by atoms with Gasteiger partial charge in [-0.2, -0.15) is 0 Å². The van der Waals surface area contributed by atoms with Crippen molar-refractivity contribution >= 4 is 51.9 Å². The minimum Gasteiger partial charge on any atom is -0.480 e. The van der Waals surface area contributed by atoms with E-state index in [9.17, 15) is 8.76 Å². The molecule has 0 aliphatic rings. The number of benzene rings is 3. The molecule has 0 heterocycles. The molecule has 4 nitrogen and oxygen atoms in total. The smallest absolute Gasteiger partial charge is 0.259 e. The summed E-state index contributed by atoms with van der Waals surface area (Å²) in [6.07, 6.45) is 0. The molecule has 0 aliphatic heterocycles. The number of thioether (sulfide) groups is 1. The van der Waals surface area contributed by atoms with Crippen molar-refractivity contribution < 1.29 is 13.5 Å². The van der Waals surface area contributed by atoms with Gasteiger partial charge in [0.1, 0.15) is 5.94 Å². The summed E-state index contributed by atoms with van der Waals surface area (Å²) in [5.74, 6) is 2.07. The molecule has 0 saturated carbocycles. The molecule has 3 aromatic rings. The summed E-state index contributed by atoms with van der Waals surface area (Å²) in [7, 11) is 0. The van der Waals surface area contributed by atoms with Gasteiger partial charge in [0.2, 0.25) is 0 Å². The van der Waals surface area contributed by atoms with Gasteiger partial charge in [-0.05, 0) is 40.2 Å². The highest BCUT2D eigenvalue weighted by Gasteiger charge is 2.24. The van der Waals surface area contributed by atoms with Gasteiger partial charge in [-0.1, -0.05) is 106 Å². The summed E-state index contributed by atoms with van der Waals surface area (Å²) in [6, 6.07) is 18.4. The Morgan fingerprint density at radius 2 is 1.53 bits per heavy atom.